The van der Waals surface area contributed by atoms with E-state index in [4.69, 9.17) is 5.73 Å². The summed E-state index contributed by atoms with van der Waals surface area (Å²) in [5, 5.41) is 15.1. The van der Waals surface area contributed by atoms with Crippen molar-refractivity contribution < 1.29 is 5.11 Å². The first-order valence-corrected chi connectivity index (χ1v) is 9.18. The molecule has 1 fully saturated rings. The van der Waals surface area contributed by atoms with Crippen molar-refractivity contribution in [1.29, 1.82) is 0 Å². The van der Waals surface area contributed by atoms with Gasteiger partial charge >= 0.3 is 0 Å². The second kappa shape index (κ2) is 6.20. The molecule has 1 aromatic carbocycles. The molecule has 5 nitrogen and oxygen atoms in total. The van der Waals surface area contributed by atoms with E-state index in [0.717, 1.165) is 58.1 Å². The Morgan fingerprint density at radius 1 is 1.21 bits per heavy atom. The number of phenols is 1. The van der Waals surface area contributed by atoms with Crippen LogP contribution in [0.3, 0.4) is 0 Å². The van der Waals surface area contributed by atoms with Gasteiger partial charge in [-0.15, -0.1) is 11.3 Å². The SMILES string of the molecule is N[C@H]1CC[C@H](NCc2cc3c(s2)c(=O)[nH]c2ccc(O)cc23)CC1. The fraction of sp³-hybridized carbons (Fsp3) is 0.389. The minimum absolute atomic E-state index is 0.0666. The Morgan fingerprint density at radius 2 is 2.00 bits per heavy atom. The third kappa shape index (κ3) is 2.92. The van der Waals surface area contributed by atoms with Crippen LogP contribution in [0.1, 0.15) is 30.6 Å². The number of H-pyrrole nitrogens is 1. The number of aromatic amines is 1. The van der Waals surface area contributed by atoms with Crippen molar-refractivity contribution in [1.82, 2.24) is 10.3 Å². The molecule has 4 rings (SSSR count). The number of thiophene rings is 1. The van der Waals surface area contributed by atoms with E-state index >= 15 is 0 Å². The molecule has 3 aromatic rings. The summed E-state index contributed by atoms with van der Waals surface area (Å²) < 4.78 is 0.718. The normalized spacial score (nSPS) is 21.5. The number of benzene rings is 1. The van der Waals surface area contributed by atoms with E-state index < -0.39 is 0 Å². The van der Waals surface area contributed by atoms with Gasteiger partial charge in [0.25, 0.3) is 5.56 Å². The molecule has 0 aliphatic heterocycles. The molecule has 0 radical (unpaired) electrons. The lowest BCUT2D eigenvalue weighted by Gasteiger charge is -2.26. The van der Waals surface area contributed by atoms with Crippen molar-refractivity contribution in [2.24, 2.45) is 5.73 Å². The molecule has 5 N–H and O–H groups in total. The highest BCUT2D eigenvalue weighted by Crippen LogP contribution is 2.30. The molecule has 0 atom stereocenters. The van der Waals surface area contributed by atoms with E-state index in [9.17, 15) is 9.90 Å². The van der Waals surface area contributed by atoms with Gasteiger partial charge in [-0.25, -0.2) is 0 Å². The lowest BCUT2D eigenvalue weighted by atomic mass is 9.92. The second-order valence-electron chi connectivity index (χ2n) is 6.63. The molecular weight excluding hydrogens is 322 g/mol. The van der Waals surface area contributed by atoms with Crippen LogP contribution >= 0.6 is 11.3 Å². The van der Waals surface area contributed by atoms with E-state index in [1.807, 2.05) is 0 Å². The molecule has 1 aliphatic carbocycles. The van der Waals surface area contributed by atoms with Gasteiger partial charge in [-0.3, -0.25) is 4.79 Å². The van der Waals surface area contributed by atoms with Gasteiger partial charge in [-0.2, -0.15) is 0 Å². The van der Waals surface area contributed by atoms with E-state index in [1.165, 1.54) is 11.3 Å². The number of nitrogens with two attached hydrogens (primary N) is 1. The zero-order chi connectivity index (χ0) is 16.7. The molecule has 1 aliphatic rings. The second-order valence-corrected chi connectivity index (χ2v) is 7.77. The van der Waals surface area contributed by atoms with Crippen molar-refractivity contribution >= 4 is 32.3 Å². The van der Waals surface area contributed by atoms with Crippen LogP contribution in [0.2, 0.25) is 0 Å². The Bertz CT molecular complexity index is 938. The van der Waals surface area contributed by atoms with Crippen molar-refractivity contribution in [2.45, 2.75) is 44.3 Å². The summed E-state index contributed by atoms with van der Waals surface area (Å²) >= 11 is 1.52. The monoisotopic (exact) mass is 343 g/mol. The van der Waals surface area contributed by atoms with E-state index in [2.05, 4.69) is 16.4 Å². The maximum atomic E-state index is 12.3. The number of pyridine rings is 1. The fourth-order valence-corrected chi connectivity index (χ4v) is 4.53. The highest BCUT2D eigenvalue weighted by molar-refractivity contribution is 7.19. The minimum Gasteiger partial charge on any atom is -0.508 e. The summed E-state index contributed by atoms with van der Waals surface area (Å²) in [6, 6.07) is 7.97. The van der Waals surface area contributed by atoms with Gasteiger partial charge in [-0.05, 0) is 49.9 Å². The maximum Gasteiger partial charge on any atom is 0.266 e. The number of hydrogen-bond acceptors (Lipinski definition) is 5. The third-order valence-electron chi connectivity index (χ3n) is 4.87. The molecule has 0 amide bonds. The maximum absolute atomic E-state index is 12.3. The molecule has 2 heterocycles. The summed E-state index contributed by atoms with van der Waals surface area (Å²) in [7, 11) is 0. The standard InChI is InChI=1S/C18H21N3O2S/c19-10-1-3-11(4-2-10)20-9-13-8-15-14-7-12(22)5-6-16(14)21-18(23)17(15)24-13/h5-8,10-11,20,22H,1-4,9,19H2,(H,21,23)/t10-,11-. The summed E-state index contributed by atoms with van der Waals surface area (Å²) in [6.07, 6.45) is 4.38. The zero-order valence-corrected chi connectivity index (χ0v) is 14.2. The lowest BCUT2D eigenvalue weighted by Crippen LogP contribution is -2.36. The highest BCUT2D eigenvalue weighted by atomic mass is 32.1. The van der Waals surface area contributed by atoms with Gasteiger partial charge in [0.05, 0.1) is 0 Å². The molecule has 0 saturated heterocycles. The molecular formula is C18H21N3O2S. The zero-order valence-electron chi connectivity index (χ0n) is 13.3. The van der Waals surface area contributed by atoms with Crippen molar-refractivity contribution in [2.75, 3.05) is 0 Å². The van der Waals surface area contributed by atoms with Gasteiger partial charge in [0.1, 0.15) is 10.4 Å². The van der Waals surface area contributed by atoms with Crippen LogP contribution in [-0.4, -0.2) is 22.2 Å². The quantitative estimate of drug-likeness (QED) is 0.588. The summed E-state index contributed by atoms with van der Waals surface area (Å²) in [6.45, 7) is 0.763. The molecule has 1 saturated carbocycles. The first-order valence-electron chi connectivity index (χ1n) is 8.36. The molecule has 2 aromatic heterocycles. The van der Waals surface area contributed by atoms with Gasteiger partial charge in [0.2, 0.25) is 0 Å². The van der Waals surface area contributed by atoms with Crippen LogP contribution in [0.15, 0.2) is 29.1 Å². The molecule has 0 bridgehead atoms. The average molecular weight is 343 g/mol. The van der Waals surface area contributed by atoms with Crippen LogP contribution in [0, 0.1) is 0 Å². The molecule has 6 heteroatoms. The Balaban J connectivity index is 1.63. The van der Waals surface area contributed by atoms with Gasteiger partial charge in [-0.1, -0.05) is 0 Å². The molecule has 0 spiro atoms. The predicted octanol–water partition coefficient (Wildman–Crippen LogP) is 2.81. The minimum atomic E-state index is -0.0666. The number of aromatic hydroxyl groups is 1. The first-order chi connectivity index (χ1) is 11.6. The number of rotatable bonds is 3. The summed E-state index contributed by atoms with van der Waals surface area (Å²) in [5.41, 5.74) is 6.64. The van der Waals surface area contributed by atoms with Crippen LogP contribution in [0.4, 0.5) is 0 Å². The summed E-state index contributed by atoms with van der Waals surface area (Å²) in [4.78, 5) is 16.3. The number of hydrogen-bond donors (Lipinski definition) is 4. The Labute approximate surface area is 143 Å². The lowest BCUT2D eigenvalue weighted by molar-refractivity contribution is 0.342. The highest BCUT2D eigenvalue weighted by Gasteiger charge is 2.18. The van der Waals surface area contributed by atoms with E-state index in [0.29, 0.717) is 12.1 Å². The molecule has 24 heavy (non-hydrogen) atoms. The van der Waals surface area contributed by atoms with Crippen LogP contribution in [-0.2, 0) is 6.54 Å². The van der Waals surface area contributed by atoms with Crippen molar-refractivity contribution in [3.63, 3.8) is 0 Å². The summed E-state index contributed by atoms with van der Waals surface area (Å²) in [5.74, 6) is 0.209. The van der Waals surface area contributed by atoms with Gasteiger partial charge < -0.3 is 21.1 Å². The van der Waals surface area contributed by atoms with Crippen LogP contribution in [0.5, 0.6) is 5.75 Å². The fourth-order valence-electron chi connectivity index (χ4n) is 3.51. The Hall–Kier alpha value is -1.89. The van der Waals surface area contributed by atoms with Crippen molar-refractivity contribution in [3.8, 4) is 5.75 Å². The third-order valence-corrected chi connectivity index (χ3v) is 6.00. The Kier molecular flexibility index (Phi) is 4.04. The molecule has 0 unspecified atom stereocenters. The van der Waals surface area contributed by atoms with Crippen LogP contribution in [0.25, 0.3) is 21.0 Å². The largest absolute Gasteiger partial charge is 0.508 e. The van der Waals surface area contributed by atoms with Crippen molar-refractivity contribution in [3.05, 3.63) is 39.5 Å². The number of fused-ring (bicyclic) bond motifs is 3. The van der Waals surface area contributed by atoms with E-state index in [-0.39, 0.29) is 11.3 Å². The van der Waals surface area contributed by atoms with Gasteiger partial charge in [0.15, 0.2) is 0 Å². The van der Waals surface area contributed by atoms with E-state index in [1.54, 1.807) is 18.2 Å². The molecule has 126 valence electrons. The Morgan fingerprint density at radius 3 is 2.79 bits per heavy atom. The predicted molar refractivity (Wildman–Crippen MR) is 98.7 cm³/mol. The topological polar surface area (TPSA) is 91.1 Å². The smallest absolute Gasteiger partial charge is 0.266 e. The number of phenolic OH excluding ortho intramolecular Hbond substituents is 1. The number of nitrogens with one attached hydrogen (secondary N) is 2. The first kappa shape index (κ1) is 15.6. The van der Waals surface area contributed by atoms with Crippen LogP contribution < -0.4 is 16.6 Å². The van der Waals surface area contributed by atoms with Gasteiger partial charge in [0, 0.05) is 39.8 Å². The average Bonchev–Trinajstić information content (AvgIpc) is 3.00. The number of aromatic nitrogens is 1.